The lowest BCUT2D eigenvalue weighted by Gasteiger charge is -2.07. The van der Waals surface area contributed by atoms with Crippen LogP contribution in [0.2, 0.25) is 0 Å². The second kappa shape index (κ2) is 5.66. The zero-order valence-corrected chi connectivity index (χ0v) is 12.1. The highest BCUT2D eigenvalue weighted by atomic mass is 79.9. The Labute approximate surface area is 120 Å². The molecule has 0 aliphatic carbocycles. The SMILES string of the molecule is COc1ccsc1C(=O)Nc1cc(F)c(Br)cc1F. The van der Waals surface area contributed by atoms with Gasteiger partial charge in [-0.25, -0.2) is 8.78 Å². The molecular weight excluding hydrogens is 340 g/mol. The Morgan fingerprint density at radius 3 is 2.79 bits per heavy atom. The number of carbonyl (C=O) groups excluding carboxylic acids is 1. The zero-order valence-electron chi connectivity index (χ0n) is 9.67. The van der Waals surface area contributed by atoms with Crippen LogP contribution in [0.4, 0.5) is 14.5 Å². The van der Waals surface area contributed by atoms with Crippen molar-refractivity contribution in [1.29, 1.82) is 0 Å². The van der Waals surface area contributed by atoms with Crippen molar-refractivity contribution >= 4 is 38.9 Å². The summed E-state index contributed by atoms with van der Waals surface area (Å²) in [6.45, 7) is 0. The molecule has 0 bridgehead atoms. The van der Waals surface area contributed by atoms with Crippen LogP contribution in [-0.4, -0.2) is 13.0 Å². The summed E-state index contributed by atoms with van der Waals surface area (Å²) in [6.07, 6.45) is 0. The summed E-state index contributed by atoms with van der Waals surface area (Å²) < 4.78 is 31.9. The molecule has 1 heterocycles. The number of rotatable bonds is 3. The fraction of sp³-hybridized carbons (Fsp3) is 0.0833. The summed E-state index contributed by atoms with van der Waals surface area (Å²) in [5.74, 6) is -1.54. The zero-order chi connectivity index (χ0) is 14.0. The molecule has 7 heteroatoms. The maximum Gasteiger partial charge on any atom is 0.269 e. The highest BCUT2D eigenvalue weighted by Gasteiger charge is 2.17. The van der Waals surface area contributed by atoms with Crippen molar-refractivity contribution in [1.82, 2.24) is 0 Å². The molecule has 1 amide bonds. The Kier molecular flexibility index (Phi) is 4.16. The van der Waals surface area contributed by atoms with Gasteiger partial charge in [0.05, 0.1) is 17.3 Å². The highest BCUT2D eigenvalue weighted by molar-refractivity contribution is 9.10. The van der Waals surface area contributed by atoms with Crippen LogP contribution in [0.5, 0.6) is 5.75 Å². The van der Waals surface area contributed by atoms with E-state index in [0.717, 1.165) is 23.5 Å². The van der Waals surface area contributed by atoms with Crippen LogP contribution in [0.15, 0.2) is 28.1 Å². The Morgan fingerprint density at radius 2 is 2.11 bits per heavy atom. The number of ether oxygens (including phenoxy) is 1. The first-order valence-electron chi connectivity index (χ1n) is 5.10. The minimum absolute atomic E-state index is 0.00305. The van der Waals surface area contributed by atoms with Gasteiger partial charge in [-0.1, -0.05) is 0 Å². The molecule has 3 nitrogen and oxygen atoms in total. The van der Waals surface area contributed by atoms with Crippen molar-refractivity contribution in [3.63, 3.8) is 0 Å². The van der Waals surface area contributed by atoms with E-state index in [9.17, 15) is 13.6 Å². The maximum atomic E-state index is 13.6. The summed E-state index contributed by atoms with van der Waals surface area (Å²) in [4.78, 5) is 12.2. The minimum atomic E-state index is -0.725. The van der Waals surface area contributed by atoms with E-state index in [1.165, 1.54) is 7.11 Å². The number of hydrogen-bond acceptors (Lipinski definition) is 3. The van der Waals surface area contributed by atoms with E-state index < -0.39 is 17.5 Å². The molecule has 0 unspecified atom stereocenters. The molecule has 0 atom stereocenters. The second-order valence-corrected chi connectivity index (χ2v) is 5.29. The summed E-state index contributed by atoms with van der Waals surface area (Å²) in [6, 6.07) is 3.49. The molecule has 0 aliphatic rings. The number of amides is 1. The molecule has 0 spiro atoms. The van der Waals surface area contributed by atoms with Crippen LogP contribution >= 0.6 is 27.3 Å². The van der Waals surface area contributed by atoms with Gasteiger partial charge in [0.15, 0.2) is 0 Å². The lowest BCUT2D eigenvalue weighted by Crippen LogP contribution is -2.12. The standard InChI is InChI=1S/C12H8BrF2NO2S/c1-18-10-2-3-19-11(10)12(17)16-9-5-7(14)6(13)4-8(9)15/h2-5H,1H3,(H,16,17). The van der Waals surface area contributed by atoms with Crippen molar-refractivity contribution in [3.05, 3.63) is 44.6 Å². The molecule has 1 aromatic carbocycles. The van der Waals surface area contributed by atoms with Crippen molar-refractivity contribution in [3.8, 4) is 5.75 Å². The molecule has 2 aromatic rings. The van der Waals surface area contributed by atoms with Crippen molar-refractivity contribution < 1.29 is 18.3 Å². The van der Waals surface area contributed by atoms with Crippen LogP contribution in [0.1, 0.15) is 9.67 Å². The Hall–Kier alpha value is -1.47. The predicted molar refractivity (Wildman–Crippen MR) is 72.9 cm³/mol. The molecule has 0 saturated carbocycles. The molecule has 0 saturated heterocycles. The second-order valence-electron chi connectivity index (χ2n) is 3.52. The van der Waals surface area contributed by atoms with E-state index in [0.29, 0.717) is 10.6 Å². The van der Waals surface area contributed by atoms with Crippen LogP contribution in [0, 0.1) is 11.6 Å². The molecule has 100 valence electrons. The van der Waals surface area contributed by atoms with Gasteiger partial charge >= 0.3 is 0 Å². The third-order valence-corrected chi connectivity index (χ3v) is 3.82. The van der Waals surface area contributed by atoms with E-state index in [1.807, 2.05) is 0 Å². The van der Waals surface area contributed by atoms with Crippen LogP contribution < -0.4 is 10.1 Å². The number of hydrogen-bond donors (Lipinski definition) is 1. The largest absolute Gasteiger partial charge is 0.495 e. The van der Waals surface area contributed by atoms with Gasteiger partial charge in [0.1, 0.15) is 22.3 Å². The minimum Gasteiger partial charge on any atom is -0.495 e. The summed E-state index contributed by atoms with van der Waals surface area (Å²) in [5.41, 5.74) is -0.221. The lowest BCUT2D eigenvalue weighted by atomic mass is 10.3. The first-order valence-corrected chi connectivity index (χ1v) is 6.77. The van der Waals surface area contributed by atoms with Crippen LogP contribution in [0.25, 0.3) is 0 Å². The van der Waals surface area contributed by atoms with Gasteiger partial charge in [-0.05, 0) is 33.4 Å². The molecule has 0 radical (unpaired) electrons. The monoisotopic (exact) mass is 347 g/mol. The number of benzene rings is 1. The van der Waals surface area contributed by atoms with E-state index in [1.54, 1.807) is 11.4 Å². The van der Waals surface area contributed by atoms with Gasteiger partial charge in [-0.2, -0.15) is 0 Å². The Bertz CT molecular complexity index is 630. The number of carbonyl (C=O) groups is 1. The van der Waals surface area contributed by atoms with E-state index in [4.69, 9.17) is 4.74 Å². The topological polar surface area (TPSA) is 38.3 Å². The average molecular weight is 348 g/mol. The average Bonchev–Trinajstić information content (AvgIpc) is 2.84. The van der Waals surface area contributed by atoms with Gasteiger partial charge in [-0.3, -0.25) is 4.79 Å². The molecular formula is C12H8BrF2NO2S. The van der Waals surface area contributed by atoms with Crippen molar-refractivity contribution in [2.45, 2.75) is 0 Å². The summed E-state index contributed by atoms with van der Waals surface area (Å²) in [5, 5.41) is 3.98. The smallest absolute Gasteiger partial charge is 0.269 e. The van der Waals surface area contributed by atoms with E-state index >= 15 is 0 Å². The highest BCUT2D eigenvalue weighted by Crippen LogP contribution is 2.27. The van der Waals surface area contributed by atoms with Gasteiger partial charge in [0.25, 0.3) is 5.91 Å². The summed E-state index contributed by atoms with van der Waals surface area (Å²) >= 11 is 4.01. The number of methoxy groups -OCH3 is 1. The quantitative estimate of drug-likeness (QED) is 0.850. The Morgan fingerprint density at radius 1 is 1.37 bits per heavy atom. The number of anilines is 1. The fourth-order valence-corrected chi connectivity index (χ4v) is 2.49. The van der Waals surface area contributed by atoms with Gasteiger partial charge < -0.3 is 10.1 Å². The third kappa shape index (κ3) is 2.93. The van der Waals surface area contributed by atoms with E-state index in [2.05, 4.69) is 21.2 Å². The number of halogens is 3. The van der Waals surface area contributed by atoms with Crippen LogP contribution in [-0.2, 0) is 0 Å². The number of nitrogens with one attached hydrogen (secondary N) is 1. The van der Waals surface area contributed by atoms with Crippen molar-refractivity contribution in [2.24, 2.45) is 0 Å². The summed E-state index contributed by atoms with van der Waals surface area (Å²) in [7, 11) is 1.43. The van der Waals surface area contributed by atoms with Crippen molar-refractivity contribution in [2.75, 3.05) is 12.4 Å². The normalized spacial score (nSPS) is 10.3. The van der Waals surface area contributed by atoms with Gasteiger partial charge in [0.2, 0.25) is 0 Å². The molecule has 0 fully saturated rings. The molecule has 1 N–H and O–H groups in total. The van der Waals surface area contributed by atoms with Gasteiger partial charge in [0, 0.05) is 6.07 Å². The molecule has 1 aromatic heterocycles. The third-order valence-electron chi connectivity index (χ3n) is 2.31. The molecule has 0 aliphatic heterocycles. The molecule has 2 rings (SSSR count). The number of thiophene rings is 1. The van der Waals surface area contributed by atoms with Gasteiger partial charge in [-0.15, -0.1) is 11.3 Å². The lowest BCUT2D eigenvalue weighted by molar-refractivity contribution is 0.102. The molecule has 19 heavy (non-hydrogen) atoms. The van der Waals surface area contributed by atoms with E-state index in [-0.39, 0.29) is 10.2 Å². The Balaban J connectivity index is 2.27. The fourth-order valence-electron chi connectivity index (χ4n) is 1.42. The first-order chi connectivity index (χ1) is 9.02. The van der Waals surface area contributed by atoms with Crippen LogP contribution in [0.3, 0.4) is 0 Å². The first kappa shape index (κ1) is 14.0. The maximum absolute atomic E-state index is 13.6. The predicted octanol–water partition coefficient (Wildman–Crippen LogP) is 4.05.